The molecule has 0 aromatic heterocycles. The largest absolute Gasteiger partial charge is 0.508 e. The second-order valence-corrected chi connectivity index (χ2v) is 5.87. The summed E-state index contributed by atoms with van der Waals surface area (Å²) >= 11 is 0. The molecule has 2 N–H and O–H groups in total. The van der Waals surface area contributed by atoms with Gasteiger partial charge in [-0.15, -0.1) is 0 Å². The second kappa shape index (κ2) is 7.06. The molecular weight excluding hydrogens is 264 g/mol. The highest BCUT2D eigenvalue weighted by molar-refractivity contribution is 5.60. The van der Waals surface area contributed by atoms with Crippen molar-refractivity contribution >= 4 is 6.16 Å². The Kier molecular flexibility index (Phi) is 5.98. The Morgan fingerprint density at radius 2 is 1.85 bits per heavy atom. The van der Waals surface area contributed by atoms with E-state index in [4.69, 9.17) is 9.47 Å². The minimum absolute atomic E-state index is 0.183. The summed E-state index contributed by atoms with van der Waals surface area (Å²) in [4.78, 5) is 11.2. The molecule has 0 aromatic carbocycles. The fourth-order valence-corrected chi connectivity index (χ4v) is 2.03. The number of rotatable bonds is 2. The molecule has 1 aliphatic carbocycles. The molecule has 4 unspecified atom stereocenters. The fraction of sp³-hybridized carbons (Fsp3) is 0.786. The Morgan fingerprint density at radius 3 is 2.40 bits per heavy atom. The maximum absolute atomic E-state index is 11.2. The number of ether oxygens (including phenoxy) is 3. The minimum atomic E-state index is -0.835. The number of carbonyl (C=O) groups is 1. The summed E-state index contributed by atoms with van der Waals surface area (Å²) in [6.07, 6.45) is -0.0179. The molecule has 0 aromatic rings. The SMILES string of the molecule is COC(=O)OC1/C=C/C(O)CC(O)C(OC(C)(C)C)C1. The van der Waals surface area contributed by atoms with E-state index < -0.39 is 36.2 Å². The molecular formula is C14H24O6. The number of hydrogen-bond acceptors (Lipinski definition) is 6. The zero-order chi connectivity index (χ0) is 15.3. The van der Waals surface area contributed by atoms with E-state index >= 15 is 0 Å². The van der Waals surface area contributed by atoms with Crippen molar-refractivity contribution in [2.45, 2.75) is 63.6 Å². The van der Waals surface area contributed by atoms with Crippen LogP contribution in [0.25, 0.3) is 0 Å². The molecule has 0 fully saturated rings. The van der Waals surface area contributed by atoms with Gasteiger partial charge in [0.25, 0.3) is 0 Å². The summed E-state index contributed by atoms with van der Waals surface area (Å²) in [7, 11) is 1.22. The van der Waals surface area contributed by atoms with Crippen LogP contribution >= 0.6 is 0 Å². The quantitative estimate of drug-likeness (QED) is 0.590. The van der Waals surface area contributed by atoms with Gasteiger partial charge in [0.15, 0.2) is 0 Å². The van der Waals surface area contributed by atoms with E-state index in [-0.39, 0.29) is 6.42 Å². The van der Waals surface area contributed by atoms with Crippen molar-refractivity contribution in [1.82, 2.24) is 0 Å². The van der Waals surface area contributed by atoms with Crippen molar-refractivity contribution in [2.75, 3.05) is 7.11 Å². The predicted octanol–water partition coefficient (Wildman–Crippen LogP) is 1.39. The first-order valence-electron chi connectivity index (χ1n) is 6.68. The van der Waals surface area contributed by atoms with Crippen molar-refractivity contribution in [3.8, 4) is 0 Å². The molecule has 0 bridgehead atoms. The number of aliphatic hydroxyl groups excluding tert-OH is 2. The highest BCUT2D eigenvalue weighted by Crippen LogP contribution is 2.23. The van der Waals surface area contributed by atoms with E-state index in [0.29, 0.717) is 6.42 Å². The van der Waals surface area contributed by atoms with Crippen LogP contribution in [0.1, 0.15) is 33.6 Å². The minimum Gasteiger partial charge on any atom is -0.438 e. The third-order valence-electron chi connectivity index (χ3n) is 2.84. The average Bonchev–Trinajstić information content (AvgIpc) is 2.31. The van der Waals surface area contributed by atoms with Crippen LogP contribution in [-0.4, -0.2) is 53.5 Å². The molecule has 20 heavy (non-hydrogen) atoms. The summed E-state index contributed by atoms with van der Waals surface area (Å²) in [6.45, 7) is 5.63. The Labute approximate surface area is 119 Å². The molecule has 0 radical (unpaired) electrons. The third-order valence-corrected chi connectivity index (χ3v) is 2.84. The lowest BCUT2D eigenvalue weighted by Gasteiger charge is -2.34. The van der Waals surface area contributed by atoms with Gasteiger partial charge in [0.05, 0.1) is 31.0 Å². The van der Waals surface area contributed by atoms with Gasteiger partial charge in [0.2, 0.25) is 0 Å². The van der Waals surface area contributed by atoms with E-state index in [1.165, 1.54) is 13.2 Å². The molecule has 0 aliphatic heterocycles. The first-order valence-corrected chi connectivity index (χ1v) is 6.68. The van der Waals surface area contributed by atoms with Gasteiger partial charge >= 0.3 is 6.16 Å². The first kappa shape index (κ1) is 16.9. The van der Waals surface area contributed by atoms with Crippen LogP contribution in [-0.2, 0) is 14.2 Å². The number of methoxy groups -OCH3 is 1. The van der Waals surface area contributed by atoms with Crippen molar-refractivity contribution in [3.05, 3.63) is 12.2 Å². The second-order valence-electron chi connectivity index (χ2n) is 5.87. The predicted molar refractivity (Wildman–Crippen MR) is 72.3 cm³/mol. The van der Waals surface area contributed by atoms with Crippen LogP contribution in [0.5, 0.6) is 0 Å². The van der Waals surface area contributed by atoms with Crippen LogP contribution in [0.15, 0.2) is 12.2 Å². The molecule has 6 heteroatoms. The van der Waals surface area contributed by atoms with Gasteiger partial charge in [-0.2, -0.15) is 0 Å². The monoisotopic (exact) mass is 288 g/mol. The van der Waals surface area contributed by atoms with Crippen molar-refractivity contribution < 1.29 is 29.2 Å². The van der Waals surface area contributed by atoms with Gasteiger partial charge in [-0.3, -0.25) is 0 Å². The van der Waals surface area contributed by atoms with Gasteiger partial charge in [0, 0.05) is 12.8 Å². The van der Waals surface area contributed by atoms with E-state index in [1.807, 2.05) is 20.8 Å². The van der Waals surface area contributed by atoms with Crippen LogP contribution in [0, 0.1) is 0 Å². The van der Waals surface area contributed by atoms with E-state index in [9.17, 15) is 15.0 Å². The molecule has 116 valence electrons. The third kappa shape index (κ3) is 5.90. The molecule has 1 rings (SSSR count). The van der Waals surface area contributed by atoms with Crippen LogP contribution in [0.3, 0.4) is 0 Å². The van der Waals surface area contributed by atoms with Crippen molar-refractivity contribution in [1.29, 1.82) is 0 Å². The van der Waals surface area contributed by atoms with Gasteiger partial charge in [-0.1, -0.05) is 6.08 Å². The highest BCUT2D eigenvalue weighted by Gasteiger charge is 2.31. The number of hydrogen-bond donors (Lipinski definition) is 2. The first-order chi connectivity index (χ1) is 9.21. The summed E-state index contributed by atoms with van der Waals surface area (Å²) in [5.41, 5.74) is -0.449. The summed E-state index contributed by atoms with van der Waals surface area (Å²) in [5.74, 6) is 0. The van der Waals surface area contributed by atoms with E-state index in [2.05, 4.69) is 4.74 Å². The topological polar surface area (TPSA) is 85.2 Å². The molecule has 1 aliphatic rings. The number of aliphatic hydroxyl groups is 2. The fourth-order valence-electron chi connectivity index (χ4n) is 2.03. The van der Waals surface area contributed by atoms with Gasteiger partial charge < -0.3 is 24.4 Å². The zero-order valence-electron chi connectivity index (χ0n) is 12.4. The molecule has 0 heterocycles. The van der Waals surface area contributed by atoms with Crippen LogP contribution < -0.4 is 0 Å². The van der Waals surface area contributed by atoms with E-state index in [1.54, 1.807) is 6.08 Å². The van der Waals surface area contributed by atoms with Crippen LogP contribution in [0.2, 0.25) is 0 Å². The molecule has 0 spiro atoms. The van der Waals surface area contributed by atoms with Crippen molar-refractivity contribution in [3.63, 3.8) is 0 Å². The Morgan fingerprint density at radius 1 is 1.20 bits per heavy atom. The Bertz CT molecular complexity index is 346. The molecule has 0 amide bonds. The van der Waals surface area contributed by atoms with Crippen LogP contribution in [0.4, 0.5) is 4.79 Å². The lowest BCUT2D eigenvalue weighted by atomic mass is 9.96. The Hall–Kier alpha value is -1.11. The summed E-state index contributed by atoms with van der Waals surface area (Å²) < 4.78 is 15.3. The molecule has 0 saturated carbocycles. The molecule has 6 nitrogen and oxygen atoms in total. The van der Waals surface area contributed by atoms with E-state index in [0.717, 1.165) is 0 Å². The molecule has 0 saturated heterocycles. The molecule has 4 atom stereocenters. The maximum atomic E-state index is 11.2. The standard InChI is InChI=1S/C14H24O6/c1-14(2,3)20-12-8-10(19-13(17)18-4)6-5-9(15)7-11(12)16/h5-6,9-12,15-16H,7-8H2,1-4H3/b6-5+. The normalized spacial score (nSPS) is 32.9. The lowest BCUT2D eigenvalue weighted by molar-refractivity contribution is -0.130. The maximum Gasteiger partial charge on any atom is 0.508 e. The van der Waals surface area contributed by atoms with Gasteiger partial charge in [-0.05, 0) is 26.8 Å². The summed E-state index contributed by atoms with van der Waals surface area (Å²) in [5, 5.41) is 19.9. The highest BCUT2D eigenvalue weighted by atomic mass is 16.7. The number of carbonyl (C=O) groups excluding carboxylic acids is 1. The lowest BCUT2D eigenvalue weighted by Crippen LogP contribution is -2.41. The van der Waals surface area contributed by atoms with Crippen molar-refractivity contribution in [2.24, 2.45) is 0 Å². The van der Waals surface area contributed by atoms with Gasteiger partial charge in [0.1, 0.15) is 6.10 Å². The average molecular weight is 288 g/mol. The van der Waals surface area contributed by atoms with Gasteiger partial charge in [-0.25, -0.2) is 4.79 Å². The summed E-state index contributed by atoms with van der Waals surface area (Å²) in [6, 6.07) is 0. The zero-order valence-corrected chi connectivity index (χ0v) is 12.4. The smallest absolute Gasteiger partial charge is 0.438 e. The Balaban J connectivity index is 2.82.